The lowest BCUT2D eigenvalue weighted by atomic mass is 9.94. The Bertz CT molecular complexity index is 1100. The zero-order valence-electron chi connectivity index (χ0n) is 19.7. The van der Waals surface area contributed by atoms with Crippen LogP contribution >= 0.6 is 12.4 Å². The Labute approximate surface area is 214 Å². The minimum absolute atomic E-state index is 0. The highest BCUT2D eigenvalue weighted by atomic mass is 35.5. The molecule has 0 unspecified atom stereocenters. The molecule has 13 heteroatoms. The van der Waals surface area contributed by atoms with Crippen molar-refractivity contribution in [3.8, 4) is 17.2 Å². The number of amides is 1. The lowest BCUT2D eigenvalue weighted by molar-refractivity contribution is -0.274. The van der Waals surface area contributed by atoms with Crippen molar-refractivity contribution in [1.29, 1.82) is 0 Å². The van der Waals surface area contributed by atoms with Crippen LogP contribution in [0.2, 0.25) is 0 Å². The van der Waals surface area contributed by atoms with E-state index in [1.54, 1.807) is 7.11 Å². The van der Waals surface area contributed by atoms with Crippen LogP contribution in [-0.2, 0) is 19.4 Å². The fraction of sp³-hybridized carbons (Fsp3) is 0.435. The molecule has 1 aliphatic rings. The van der Waals surface area contributed by atoms with Crippen molar-refractivity contribution in [1.82, 2.24) is 10.2 Å². The maximum Gasteiger partial charge on any atom is 0.573 e. The van der Waals surface area contributed by atoms with Gasteiger partial charge < -0.3 is 24.4 Å². The molecule has 0 saturated carbocycles. The molecule has 2 aromatic rings. The Balaban J connectivity index is 0.00000456. The van der Waals surface area contributed by atoms with Crippen LogP contribution in [0.1, 0.15) is 12.8 Å². The molecule has 8 nitrogen and oxygen atoms in total. The Morgan fingerprint density at radius 1 is 1.00 bits per heavy atom. The van der Waals surface area contributed by atoms with Gasteiger partial charge in [-0.3, -0.25) is 4.79 Å². The number of carbonyl (C=O) groups is 1. The number of piperidine rings is 1. The SMILES string of the molecule is CNC(=O)C1(S(=O)(=O)c2ccc(Oc3ccc(OC(F)(F)F)cc3)cc2)CCN(CCOC)CC1.Cl. The third-order valence-electron chi connectivity index (χ3n) is 5.86. The first-order valence-corrected chi connectivity index (χ1v) is 12.3. The molecular formula is C23H28ClF3N2O6S. The van der Waals surface area contributed by atoms with Gasteiger partial charge in [0.05, 0.1) is 11.5 Å². The summed E-state index contributed by atoms with van der Waals surface area (Å²) in [5.41, 5.74) is 0. The molecule has 200 valence electrons. The summed E-state index contributed by atoms with van der Waals surface area (Å²) in [6.07, 6.45) is -4.51. The number of nitrogens with zero attached hydrogens (tertiary/aromatic N) is 1. The quantitative estimate of drug-likeness (QED) is 0.506. The number of hydrogen-bond acceptors (Lipinski definition) is 7. The summed E-state index contributed by atoms with van der Waals surface area (Å²) in [5.74, 6) is -0.429. The smallest absolute Gasteiger partial charge is 0.457 e. The molecule has 0 aromatic heterocycles. The third-order valence-corrected chi connectivity index (χ3v) is 8.37. The number of methoxy groups -OCH3 is 1. The molecule has 1 amide bonds. The molecule has 2 aromatic carbocycles. The van der Waals surface area contributed by atoms with Gasteiger partial charge >= 0.3 is 6.36 Å². The van der Waals surface area contributed by atoms with Crippen molar-refractivity contribution >= 4 is 28.2 Å². The number of halogens is 4. The zero-order valence-corrected chi connectivity index (χ0v) is 21.3. The Morgan fingerprint density at radius 2 is 1.50 bits per heavy atom. The molecule has 1 aliphatic heterocycles. The van der Waals surface area contributed by atoms with E-state index in [2.05, 4.69) is 15.0 Å². The fourth-order valence-electron chi connectivity index (χ4n) is 3.96. The van der Waals surface area contributed by atoms with Crippen LogP contribution in [0.4, 0.5) is 13.2 Å². The van der Waals surface area contributed by atoms with Crippen molar-refractivity contribution in [3.63, 3.8) is 0 Å². The average molecular weight is 553 g/mol. The fourth-order valence-corrected chi connectivity index (χ4v) is 5.97. The number of carbonyl (C=O) groups excluding carboxylic acids is 1. The number of benzene rings is 2. The van der Waals surface area contributed by atoms with E-state index in [9.17, 15) is 26.4 Å². The van der Waals surface area contributed by atoms with Gasteiger partial charge in [-0.15, -0.1) is 25.6 Å². The van der Waals surface area contributed by atoms with Gasteiger partial charge in [-0.05, 0) is 61.4 Å². The maximum atomic E-state index is 13.6. The highest BCUT2D eigenvalue weighted by Gasteiger charge is 2.52. The lowest BCUT2D eigenvalue weighted by Gasteiger charge is -2.39. The van der Waals surface area contributed by atoms with E-state index in [4.69, 9.17) is 9.47 Å². The van der Waals surface area contributed by atoms with Crippen LogP contribution in [0.15, 0.2) is 53.4 Å². The molecule has 1 fully saturated rings. The predicted molar refractivity (Wildman–Crippen MR) is 128 cm³/mol. The first-order valence-electron chi connectivity index (χ1n) is 10.8. The molecule has 1 heterocycles. The standard InChI is InChI=1S/C23H27F3N2O6S.ClH/c1-27-21(29)22(11-13-28(14-12-22)15-16-32-2)35(30,31)20-9-7-18(8-10-20)33-17-3-5-19(6-4-17)34-23(24,25)26;/h3-10H,11-16H2,1-2H3,(H,27,29);1H. The molecule has 0 atom stereocenters. The van der Waals surface area contributed by atoms with E-state index >= 15 is 0 Å². The molecule has 0 spiro atoms. The summed E-state index contributed by atoms with van der Waals surface area (Å²) >= 11 is 0. The molecule has 0 aliphatic carbocycles. The van der Waals surface area contributed by atoms with Gasteiger partial charge in [0.2, 0.25) is 5.91 Å². The molecule has 0 bridgehead atoms. The first kappa shape index (κ1) is 29.7. The highest BCUT2D eigenvalue weighted by molar-refractivity contribution is 7.93. The van der Waals surface area contributed by atoms with Crippen LogP contribution in [-0.4, -0.2) is 70.7 Å². The number of ether oxygens (including phenoxy) is 3. The van der Waals surface area contributed by atoms with Crippen LogP contribution in [0.3, 0.4) is 0 Å². The first-order chi connectivity index (χ1) is 16.5. The summed E-state index contributed by atoms with van der Waals surface area (Å²) < 4.78 is 77.0. The predicted octanol–water partition coefficient (Wildman–Crippen LogP) is 3.80. The second-order valence-corrected chi connectivity index (χ2v) is 10.3. The summed E-state index contributed by atoms with van der Waals surface area (Å²) in [7, 11) is -1.03. The van der Waals surface area contributed by atoms with Gasteiger partial charge in [0.1, 0.15) is 17.2 Å². The van der Waals surface area contributed by atoms with E-state index in [-0.39, 0.29) is 47.4 Å². The van der Waals surface area contributed by atoms with Crippen LogP contribution in [0.5, 0.6) is 17.2 Å². The normalized spacial score (nSPS) is 16.0. The largest absolute Gasteiger partial charge is 0.573 e. The summed E-state index contributed by atoms with van der Waals surface area (Å²) in [6, 6.07) is 10.4. The Kier molecular flexibility index (Phi) is 10.0. The van der Waals surface area contributed by atoms with Crippen molar-refractivity contribution in [3.05, 3.63) is 48.5 Å². The van der Waals surface area contributed by atoms with Gasteiger partial charge in [-0.1, -0.05) is 0 Å². The van der Waals surface area contributed by atoms with Crippen molar-refractivity contribution in [2.75, 3.05) is 40.4 Å². The second-order valence-electron chi connectivity index (χ2n) is 8.00. The van der Waals surface area contributed by atoms with E-state index in [1.807, 2.05) is 0 Å². The van der Waals surface area contributed by atoms with Crippen LogP contribution in [0.25, 0.3) is 0 Å². The van der Waals surface area contributed by atoms with Crippen molar-refractivity contribution in [2.24, 2.45) is 0 Å². The average Bonchev–Trinajstić information content (AvgIpc) is 2.83. The molecule has 1 saturated heterocycles. The number of likely N-dealkylation sites (tertiary alicyclic amines) is 1. The second kappa shape index (κ2) is 12.1. The Hall–Kier alpha value is -2.54. The van der Waals surface area contributed by atoms with E-state index in [1.165, 1.54) is 43.4 Å². The zero-order chi connectivity index (χ0) is 25.7. The van der Waals surface area contributed by atoms with Crippen LogP contribution in [0, 0.1) is 0 Å². The topological polar surface area (TPSA) is 94.2 Å². The summed E-state index contributed by atoms with van der Waals surface area (Å²) in [6.45, 7) is 2.03. The van der Waals surface area contributed by atoms with Crippen molar-refractivity contribution < 1.29 is 40.6 Å². The van der Waals surface area contributed by atoms with Gasteiger partial charge in [0, 0.05) is 33.8 Å². The molecule has 1 N–H and O–H groups in total. The van der Waals surface area contributed by atoms with E-state index < -0.39 is 26.9 Å². The van der Waals surface area contributed by atoms with Crippen molar-refractivity contribution in [2.45, 2.75) is 28.8 Å². The van der Waals surface area contributed by atoms with Gasteiger partial charge in [-0.25, -0.2) is 8.42 Å². The number of nitrogens with one attached hydrogen (secondary N) is 1. The Morgan fingerprint density at radius 3 is 1.97 bits per heavy atom. The van der Waals surface area contributed by atoms with Crippen LogP contribution < -0.4 is 14.8 Å². The number of sulfone groups is 1. The summed E-state index contributed by atoms with van der Waals surface area (Å²) in [5, 5.41) is 2.51. The van der Waals surface area contributed by atoms with Gasteiger partial charge in [-0.2, -0.15) is 0 Å². The van der Waals surface area contributed by atoms with Gasteiger partial charge in [0.15, 0.2) is 14.6 Å². The lowest BCUT2D eigenvalue weighted by Crippen LogP contribution is -2.57. The minimum atomic E-state index is -4.80. The highest BCUT2D eigenvalue weighted by Crippen LogP contribution is 2.37. The monoisotopic (exact) mass is 552 g/mol. The van der Waals surface area contributed by atoms with E-state index in [0.29, 0.717) is 26.2 Å². The summed E-state index contributed by atoms with van der Waals surface area (Å²) in [4.78, 5) is 14.9. The minimum Gasteiger partial charge on any atom is -0.457 e. The molecule has 36 heavy (non-hydrogen) atoms. The molecule has 0 radical (unpaired) electrons. The molecular weight excluding hydrogens is 525 g/mol. The number of rotatable bonds is 9. The number of alkyl halides is 3. The van der Waals surface area contributed by atoms with Gasteiger partial charge in [0.25, 0.3) is 0 Å². The maximum absolute atomic E-state index is 13.6. The molecule has 3 rings (SSSR count). The number of hydrogen-bond donors (Lipinski definition) is 1. The third kappa shape index (κ3) is 6.81. The van der Waals surface area contributed by atoms with E-state index in [0.717, 1.165) is 12.1 Å².